The van der Waals surface area contributed by atoms with Crippen LogP contribution in [0.3, 0.4) is 0 Å². The smallest absolute Gasteiger partial charge is 0.214 e. The second-order valence-electron chi connectivity index (χ2n) is 10.1. The number of H-pyrrole nitrogens is 1. The SMILES string of the molecule is COc1cc(C=O)c(OCc2ccc(COc3cc(C=O)c(OCc4cccnc4-c4cn[nH]c4)cn3)nc2-c2ccnn2C)cn1. The zero-order valence-electron chi connectivity index (χ0n) is 25.4. The summed E-state index contributed by atoms with van der Waals surface area (Å²) in [6, 6.07) is 12.2. The Balaban J connectivity index is 1.16. The molecule has 0 amide bonds. The summed E-state index contributed by atoms with van der Waals surface area (Å²) in [5.74, 6) is 1.15. The van der Waals surface area contributed by atoms with E-state index in [2.05, 4.69) is 30.2 Å². The molecule has 236 valence electrons. The first-order valence-electron chi connectivity index (χ1n) is 14.3. The molecule has 0 aliphatic carbocycles. The number of aldehydes is 2. The van der Waals surface area contributed by atoms with Crippen molar-refractivity contribution < 1.29 is 28.5 Å². The summed E-state index contributed by atoms with van der Waals surface area (Å²) in [5.41, 5.74) is 5.68. The van der Waals surface area contributed by atoms with Gasteiger partial charge in [0, 0.05) is 54.5 Å². The van der Waals surface area contributed by atoms with Crippen LogP contribution in [0.5, 0.6) is 23.3 Å². The van der Waals surface area contributed by atoms with Crippen molar-refractivity contribution in [1.82, 2.24) is 39.9 Å². The molecule has 6 rings (SSSR count). The van der Waals surface area contributed by atoms with Crippen molar-refractivity contribution in [3.63, 3.8) is 0 Å². The third kappa shape index (κ3) is 6.96. The molecule has 14 nitrogen and oxygen atoms in total. The number of hydrogen-bond donors (Lipinski definition) is 1. The number of aryl methyl sites for hydroxylation is 1. The summed E-state index contributed by atoms with van der Waals surface area (Å²) in [7, 11) is 3.28. The molecule has 0 saturated carbocycles. The highest BCUT2D eigenvalue weighted by Crippen LogP contribution is 2.27. The fourth-order valence-electron chi connectivity index (χ4n) is 4.70. The number of pyridine rings is 4. The van der Waals surface area contributed by atoms with Crippen molar-refractivity contribution in [3.8, 4) is 45.9 Å². The van der Waals surface area contributed by atoms with Crippen LogP contribution < -0.4 is 18.9 Å². The van der Waals surface area contributed by atoms with Gasteiger partial charge in [-0.05, 0) is 18.2 Å². The van der Waals surface area contributed by atoms with Gasteiger partial charge in [-0.3, -0.25) is 24.4 Å². The van der Waals surface area contributed by atoms with Crippen molar-refractivity contribution in [2.45, 2.75) is 19.8 Å². The lowest BCUT2D eigenvalue weighted by atomic mass is 10.1. The fourth-order valence-corrected chi connectivity index (χ4v) is 4.70. The molecule has 0 bridgehead atoms. The molecule has 0 aliphatic rings. The molecular formula is C33H28N8O6. The molecule has 0 fully saturated rings. The van der Waals surface area contributed by atoms with Gasteiger partial charge in [0.2, 0.25) is 11.8 Å². The monoisotopic (exact) mass is 632 g/mol. The maximum atomic E-state index is 12.0. The van der Waals surface area contributed by atoms with E-state index < -0.39 is 0 Å². The third-order valence-corrected chi connectivity index (χ3v) is 7.11. The highest BCUT2D eigenvalue weighted by atomic mass is 16.5. The van der Waals surface area contributed by atoms with Crippen molar-refractivity contribution in [3.05, 3.63) is 108 Å². The molecule has 6 aromatic rings. The highest BCUT2D eigenvalue weighted by molar-refractivity contribution is 5.80. The molecule has 0 spiro atoms. The number of carbonyl (C=O) groups is 2. The minimum absolute atomic E-state index is 0.0684. The van der Waals surface area contributed by atoms with E-state index in [1.807, 2.05) is 31.3 Å². The van der Waals surface area contributed by atoms with Crippen molar-refractivity contribution >= 4 is 12.6 Å². The predicted octanol–water partition coefficient (Wildman–Crippen LogP) is 4.43. The number of carbonyl (C=O) groups excluding carboxylic acids is 2. The number of nitrogens with one attached hydrogen (secondary N) is 1. The Morgan fingerprint density at radius 1 is 0.787 bits per heavy atom. The van der Waals surface area contributed by atoms with Gasteiger partial charge in [-0.15, -0.1) is 0 Å². The Hall–Kier alpha value is -6.44. The summed E-state index contributed by atoms with van der Waals surface area (Å²) in [6.45, 7) is 0.343. The standard InChI is InChI=1S/C33H28N8O6/c1-41-27(7-9-39-41)33-22(19-46-28-14-35-30(44-2)10-23(28)16-42)5-6-26(40-33)20-47-31-11-24(17-43)29(15-36-31)45-18-21-4-3-8-34-32(21)25-12-37-38-13-25/h3-17H,18-20H2,1-2H3,(H,37,38). The molecule has 1 N–H and O–H groups in total. The number of nitrogens with zero attached hydrogens (tertiary/aromatic N) is 7. The molecule has 6 heterocycles. The van der Waals surface area contributed by atoms with E-state index in [4.69, 9.17) is 23.9 Å². The second-order valence-corrected chi connectivity index (χ2v) is 10.1. The minimum atomic E-state index is 0.0684. The van der Waals surface area contributed by atoms with Gasteiger partial charge in [-0.2, -0.15) is 10.2 Å². The zero-order chi connectivity index (χ0) is 32.6. The summed E-state index contributed by atoms with van der Waals surface area (Å²) in [6.07, 6.45) is 11.0. The number of rotatable bonds is 14. The average Bonchev–Trinajstić information content (AvgIpc) is 3.81. The lowest BCUT2D eigenvalue weighted by Crippen LogP contribution is -2.08. The van der Waals surface area contributed by atoms with Gasteiger partial charge in [0.15, 0.2) is 12.6 Å². The number of hydrogen-bond acceptors (Lipinski definition) is 12. The molecule has 0 aromatic carbocycles. The molecule has 0 atom stereocenters. The number of methoxy groups -OCH3 is 1. The van der Waals surface area contributed by atoms with E-state index >= 15 is 0 Å². The van der Waals surface area contributed by atoms with E-state index in [1.54, 1.807) is 35.5 Å². The maximum absolute atomic E-state index is 12.0. The van der Waals surface area contributed by atoms with Gasteiger partial charge in [0.1, 0.15) is 31.3 Å². The van der Waals surface area contributed by atoms with Crippen molar-refractivity contribution in [1.29, 1.82) is 0 Å². The Kier molecular flexibility index (Phi) is 9.18. The van der Waals surface area contributed by atoms with Gasteiger partial charge < -0.3 is 18.9 Å². The topological polar surface area (TPSA) is 169 Å². The van der Waals surface area contributed by atoms with Crippen LogP contribution in [0.25, 0.3) is 22.6 Å². The zero-order valence-corrected chi connectivity index (χ0v) is 25.4. The fraction of sp³-hybridized carbons (Fsp3) is 0.152. The molecule has 0 unspecified atom stereocenters. The normalized spacial score (nSPS) is 10.8. The van der Waals surface area contributed by atoms with Crippen LogP contribution in [0.1, 0.15) is 37.5 Å². The first-order chi connectivity index (χ1) is 23.1. The number of aromatic nitrogens is 8. The largest absolute Gasteiger partial charge is 0.486 e. The van der Waals surface area contributed by atoms with Gasteiger partial charge in [-0.25, -0.2) is 15.0 Å². The minimum Gasteiger partial charge on any atom is -0.486 e. The van der Waals surface area contributed by atoms with Crippen LogP contribution in [-0.2, 0) is 26.9 Å². The first-order valence-corrected chi connectivity index (χ1v) is 14.3. The Bertz CT molecular complexity index is 2010. The van der Waals surface area contributed by atoms with Crippen LogP contribution in [0.2, 0.25) is 0 Å². The van der Waals surface area contributed by atoms with Crippen LogP contribution in [-0.4, -0.2) is 59.6 Å². The quantitative estimate of drug-likeness (QED) is 0.168. The van der Waals surface area contributed by atoms with Crippen LogP contribution >= 0.6 is 0 Å². The summed E-state index contributed by atoms with van der Waals surface area (Å²) < 4.78 is 24.6. The first kappa shape index (κ1) is 30.6. The highest BCUT2D eigenvalue weighted by Gasteiger charge is 2.16. The Labute approximate surface area is 268 Å². The lowest BCUT2D eigenvalue weighted by Gasteiger charge is -2.14. The van der Waals surface area contributed by atoms with E-state index in [0.717, 1.165) is 28.1 Å². The van der Waals surface area contributed by atoms with E-state index in [-0.39, 0.29) is 31.3 Å². The van der Waals surface area contributed by atoms with Crippen LogP contribution in [0, 0.1) is 0 Å². The van der Waals surface area contributed by atoms with Crippen molar-refractivity contribution in [2.24, 2.45) is 7.05 Å². The van der Waals surface area contributed by atoms with Crippen molar-refractivity contribution in [2.75, 3.05) is 7.11 Å². The Morgan fingerprint density at radius 3 is 2.17 bits per heavy atom. The molecule has 0 saturated heterocycles. The molecule has 6 aromatic heterocycles. The maximum Gasteiger partial charge on any atom is 0.214 e. The molecule has 47 heavy (non-hydrogen) atoms. The van der Waals surface area contributed by atoms with E-state index in [0.29, 0.717) is 46.9 Å². The second kappa shape index (κ2) is 14.1. The summed E-state index contributed by atoms with van der Waals surface area (Å²) in [4.78, 5) is 41.3. The number of ether oxygens (including phenoxy) is 4. The number of aromatic amines is 1. The van der Waals surface area contributed by atoms with E-state index in [9.17, 15) is 9.59 Å². The summed E-state index contributed by atoms with van der Waals surface area (Å²) in [5, 5.41) is 11.0. The van der Waals surface area contributed by atoms with E-state index in [1.165, 1.54) is 31.6 Å². The van der Waals surface area contributed by atoms with Crippen LogP contribution in [0.4, 0.5) is 0 Å². The van der Waals surface area contributed by atoms with Gasteiger partial charge in [0.25, 0.3) is 0 Å². The molecule has 0 radical (unpaired) electrons. The average molecular weight is 633 g/mol. The molecular weight excluding hydrogens is 604 g/mol. The third-order valence-electron chi connectivity index (χ3n) is 7.11. The Morgan fingerprint density at radius 2 is 1.51 bits per heavy atom. The summed E-state index contributed by atoms with van der Waals surface area (Å²) >= 11 is 0. The van der Waals surface area contributed by atoms with Gasteiger partial charge in [0.05, 0.1) is 59.6 Å². The van der Waals surface area contributed by atoms with Crippen LogP contribution in [0.15, 0.2) is 79.6 Å². The lowest BCUT2D eigenvalue weighted by molar-refractivity contribution is 0.111. The van der Waals surface area contributed by atoms with Gasteiger partial charge >= 0.3 is 0 Å². The van der Waals surface area contributed by atoms with Gasteiger partial charge in [-0.1, -0.05) is 12.1 Å². The molecule has 14 heteroatoms. The predicted molar refractivity (Wildman–Crippen MR) is 167 cm³/mol. The molecule has 0 aliphatic heterocycles.